The minimum atomic E-state index is -3.25. The van der Waals surface area contributed by atoms with Crippen LogP contribution in [0.5, 0.6) is 17.2 Å². The van der Waals surface area contributed by atoms with Crippen LogP contribution in [0.15, 0.2) is 47.4 Å². The number of aromatic nitrogens is 4. The van der Waals surface area contributed by atoms with E-state index in [2.05, 4.69) is 20.4 Å². The number of nitrogens with zero attached hydrogens (tertiary/aromatic N) is 5. The smallest absolute Gasteiger partial charge is 0.203 e. The molecule has 4 rings (SSSR count). The number of benzene rings is 2. The molecule has 1 fully saturated rings. The molecule has 1 saturated heterocycles. The van der Waals surface area contributed by atoms with E-state index < -0.39 is 9.84 Å². The van der Waals surface area contributed by atoms with E-state index in [0.717, 1.165) is 25.9 Å². The highest BCUT2D eigenvalue weighted by atomic mass is 32.2. The topological polar surface area (TPSA) is 109 Å². The predicted molar refractivity (Wildman–Crippen MR) is 121 cm³/mol. The Morgan fingerprint density at radius 3 is 2.21 bits per heavy atom. The molecule has 0 bridgehead atoms. The molecule has 2 heterocycles. The van der Waals surface area contributed by atoms with Crippen molar-refractivity contribution in [3.8, 4) is 22.9 Å². The van der Waals surface area contributed by atoms with Crippen molar-refractivity contribution in [1.82, 2.24) is 25.1 Å². The fourth-order valence-electron chi connectivity index (χ4n) is 3.82. The van der Waals surface area contributed by atoms with Gasteiger partial charge in [0, 0.05) is 19.3 Å². The Labute approximate surface area is 193 Å². The molecule has 3 aromatic rings. The molecule has 1 aromatic heterocycles. The average molecular weight is 474 g/mol. The van der Waals surface area contributed by atoms with Crippen molar-refractivity contribution < 1.29 is 22.6 Å². The van der Waals surface area contributed by atoms with Crippen LogP contribution in [0.25, 0.3) is 5.69 Å². The second kappa shape index (κ2) is 9.75. The van der Waals surface area contributed by atoms with Crippen molar-refractivity contribution in [1.29, 1.82) is 0 Å². The largest absolute Gasteiger partial charge is 0.493 e. The Kier molecular flexibility index (Phi) is 6.80. The Morgan fingerprint density at radius 2 is 1.64 bits per heavy atom. The molecule has 2 aromatic carbocycles. The van der Waals surface area contributed by atoms with Gasteiger partial charge in [-0.05, 0) is 59.7 Å². The van der Waals surface area contributed by atoms with E-state index in [-0.39, 0.29) is 11.0 Å². The fraction of sp³-hybridized carbons (Fsp3) is 0.409. The Bertz CT molecular complexity index is 1170. The number of methoxy groups -OCH3 is 2. The van der Waals surface area contributed by atoms with Gasteiger partial charge in [-0.25, -0.2) is 8.42 Å². The molecule has 1 aliphatic rings. The van der Waals surface area contributed by atoms with Crippen molar-refractivity contribution in [2.24, 2.45) is 0 Å². The summed E-state index contributed by atoms with van der Waals surface area (Å²) in [5, 5.41) is 12.1. The number of sulfone groups is 1. The number of hydrogen-bond acceptors (Lipinski definition) is 9. The average Bonchev–Trinajstić information content (AvgIpc) is 3.28. The third-order valence-electron chi connectivity index (χ3n) is 5.61. The van der Waals surface area contributed by atoms with Gasteiger partial charge in [-0.1, -0.05) is 6.07 Å². The van der Waals surface area contributed by atoms with Crippen molar-refractivity contribution in [2.75, 3.05) is 33.6 Å². The first-order valence-corrected chi connectivity index (χ1v) is 12.5. The first-order chi connectivity index (χ1) is 15.9. The van der Waals surface area contributed by atoms with E-state index in [1.807, 2.05) is 18.2 Å². The maximum absolute atomic E-state index is 11.7. The van der Waals surface area contributed by atoms with Crippen molar-refractivity contribution in [2.45, 2.75) is 30.4 Å². The first kappa shape index (κ1) is 23.0. The standard InChI is InChI=1S/C22H27N5O5S/c1-30-19-5-4-6-20(31-2)22(19)32-17-11-13-26(14-12-17)15-21-23-24-25-27(21)16-7-9-18(10-8-16)33(3,28)29/h4-10,17H,11-15H2,1-3H3. The van der Waals surface area contributed by atoms with Crippen LogP contribution in [0.4, 0.5) is 0 Å². The molecule has 1 aliphatic heterocycles. The summed E-state index contributed by atoms with van der Waals surface area (Å²) < 4.78 is 42.1. The van der Waals surface area contributed by atoms with Gasteiger partial charge < -0.3 is 14.2 Å². The lowest BCUT2D eigenvalue weighted by Gasteiger charge is -2.32. The van der Waals surface area contributed by atoms with Crippen LogP contribution < -0.4 is 14.2 Å². The minimum Gasteiger partial charge on any atom is -0.493 e. The number of likely N-dealkylation sites (tertiary alicyclic amines) is 1. The van der Waals surface area contributed by atoms with Gasteiger partial charge in [0.05, 0.1) is 31.3 Å². The molecule has 0 N–H and O–H groups in total. The lowest BCUT2D eigenvalue weighted by atomic mass is 10.1. The summed E-state index contributed by atoms with van der Waals surface area (Å²) in [7, 11) is -0.0264. The normalized spacial score (nSPS) is 15.4. The zero-order valence-corrected chi connectivity index (χ0v) is 19.7. The molecule has 0 spiro atoms. The third kappa shape index (κ3) is 5.25. The van der Waals surface area contributed by atoms with Crippen molar-refractivity contribution >= 4 is 9.84 Å². The predicted octanol–water partition coefficient (Wildman–Crippen LogP) is 2.13. The molecule has 10 nitrogen and oxygen atoms in total. The number of tetrazole rings is 1. The molecule has 0 aliphatic carbocycles. The Hall–Kier alpha value is -3.18. The number of ether oxygens (including phenoxy) is 3. The summed E-state index contributed by atoms with van der Waals surface area (Å²) in [6, 6.07) is 12.1. The van der Waals surface area contributed by atoms with Gasteiger partial charge in [0.25, 0.3) is 0 Å². The third-order valence-corrected chi connectivity index (χ3v) is 6.74. The SMILES string of the molecule is COc1cccc(OC)c1OC1CCN(Cc2nnnn2-c2ccc(S(C)(=O)=O)cc2)CC1. The van der Waals surface area contributed by atoms with Gasteiger partial charge >= 0.3 is 0 Å². The van der Waals surface area contributed by atoms with Crippen LogP contribution in [0.1, 0.15) is 18.7 Å². The summed E-state index contributed by atoms with van der Waals surface area (Å²) in [4.78, 5) is 2.53. The molecule has 0 amide bonds. The van der Waals surface area contributed by atoms with E-state index in [0.29, 0.717) is 35.3 Å². The maximum Gasteiger partial charge on any atom is 0.203 e. The van der Waals surface area contributed by atoms with E-state index >= 15 is 0 Å². The zero-order chi connectivity index (χ0) is 23.4. The summed E-state index contributed by atoms with van der Waals surface area (Å²) in [5.41, 5.74) is 0.712. The lowest BCUT2D eigenvalue weighted by Crippen LogP contribution is -2.38. The highest BCUT2D eigenvalue weighted by Crippen LogP contribution is 2.38. The van der Waals surface area contributed by atoms with Gasteiger partial charge in [-0.15, -0.1) is 5.10 Å². The Morgan fingerprint density at radius 1 is 1.00 bits per heavy atom. The zero-order valence-electron chi connectivity index (χ0n) is 18.8. The molecule has 0 radical (unpaired) electrons. The number of piperidine rings is 1. The van der Waals surface area contributed by atoms with Gasteiger partial charge in [0.15, 0.2) is 27.2 Å². The van der Waals surface area contributed by atoms with Crippen LogP contribution in [0.3, 0.4) is 0 Å². The molecule has 11 heteroatoms. The van der Waals surface area contributed by atoms with Gasteiger partial charge in [0.2, 0.25) is 5.75 Å². The van der Waals surface area contributed by atoms with Gasteiger partial charge in [-0.2, -0.15) is 4.68 Å². The van der Waals surface area contributed by atoms with Crippen LogP contribution in [-0.2, 0) is 16.4 Å². The first-order valence-electron chi connectivity index (χ1n) is 10.6. The molecule has 0 saturated carbocycles. The lowest BCUT2D eigenvalue weighted by molar-refractivity contribution is 0.0900. The quantitative estimate of drug-likeness (QED) is 0.486. The monoisotopic (exact) mass is 473 g/mol. The van der Waals surface area contributed by atoms with Crippen LogP contribution in [0.2, 0.25) is 0 Å². The second-order valence-electron chi connectivity index (χ2n) is 7.86. The number of para-hydroxylation sites is 1. The summed E-state index contributed by atoms with van der Waals surface area (Å²) in [6.45, 7) is 2.22. The summed E-state index contributed by atoms with van der Waals surface area (Å²) in [5.74, 6) is 2.62. The number of rotatable bonds is 8. The van der Waals surface area contributed by atoms with Gasteiger partial charge in [-0.3, -0.25) is 4.90 Å². The second-order valence-corrected chi connectivity index (χ2v) is 9.87. The van der Waals surface area contributed by atoms with Crippen LogP contribution >= 0.6 is 0 Å². The summed E-state index contributed by atoms with van der Waals surface area (Å²) in [6.07, 6.45) is 2.91. The van der Waals surface area contributed by atoms with E-state index in [9.17, 15) is 8.42 Å². The van der Waals surface area contributed by atoms with Gasteiger partial charge in [0.1, 0.15) is 6.10 Å². The highest BCUT2D eigenvalue weighted by Gasteiger charge is 2.25. The molecule has 0 atom stereocenters. The van der Waals surface area contributed by atoms with E-state index in [4.69, 9.17) is 14.2 Å². The summed E-state index contributed by atoms with van der Waals surface area (Å²) >= 11 is 0. The van der Waals surface area contributed by atoms with Crippen molar-refractivity contribution in [3.05, 3.63) is 48.3 Å². The molecular weight excluding hydrogens is 446 g/mol. The number of hydrogen-bond donors (Lipinski definition) is 0. The molecule has 0 unspecified atom stereocenters. The molecule has 33 heavy (non-hydrogen) atoms. The van der Waals surface area contributed by atoms with E-state index in [1.54, 1.807) is 43.2 Å². The van der Waals surface area contributed by atoms with Crippen LogP contribution in [0, 0.1) is 0 Å². The molecular formula is C22H27N5O5S. The Balaban J connectivity index is 1.39. The molecule has 176 valence electrons. The van der Waals surface area contributed by atoms with Crippen molar-refractivity contribution in [3.63, 3.8) is 0 Å². The fourth-order valence-corrected chi connectivity index (χ4v) is 4.46. The minimum absolute atomic E-state index is 0.0472. The highest BCUT2D eigenvalue weighted by molar-refractivity contribution is 7.90. The van der Waals surface area contributed by atoms with Crippen LogP contribution in [-0.4, -0.2) is 73.2 Å². The maximum atomic E-state index is 11.7. The van der Waals surface area contributed by atoms with E-state index in [1.165, 1.54) is 6.26 Å².